The van der Waals surface area contributed by atoms with E-state index in [9.17, 15) is 9.90 Å². The second-order valence-corrected chi connectivity index (χ2v) is 5.16. The fourth-order valence-corrected chi connectivity index (χ4v) is 1.99. The van der Waals surface area contributed by atoms with Crippen LogP contribution < -0.4 is 0 Å². The van der Waals surface area contributed by atoms with Crippen LogP contribution in [0, 0.1) is 0 Å². The van der Waals surface area contributed by atoms with Crippen LogP contribution in [-0.4, -0.2) is 30.4 Å². The van der Waals surface area contributed by atoms with Crippen molar-refractivity contribution in [3.8, 4) is 5.75 Å². The zero-order chi connectivity index (χ0) is 15.2. The molecule has 0 aliphatic carbocycles. The molecule has 0 saturated heterocycles. The van der Waals surface area contributed by atoms with Crippen molar-refractivity contribution < 1.29 is 19.4 Å². The topological polar surface area (TPSA) is 55.8 Å². The molecule has 0 aromatic heterocycles. The zero-order valence-corrected chi connectivity index (χ0v) is 12.3. The van der Waals surface area contributed by atoms with Crippen LogP contribution >= 0.6 is 0 Å². The number of carbonyl (C=O) groups is 1. The second-order valence-electron chi connectivity index (χ2n) is 5.16. The SMILES string of the molecule is CC(C)OCCCOC(=O)c1ccc2cc(O)ccc2c1. The Morgan fingerprint density at radius 3 is 2.57 bits per heavy atom. The van der Waals surface area contributed by atoms with E-state index in [1.807, 2.05) is 13.8 Å². The lowest BCUT2D eigenvalue weighted by molar-refractivity contribution is 0.0377. The van der Waals surface area contributed by atoms with E-state index in [2.05, 4.69) is 0 Å². The second kappa shape index (κ2) is 7.09. The molecule has 1 N–H and O–H groups in total. The number of esters is 1. The number of phenols is 1. The molecule has 2 rings (SSSR count). The van der Waals surface area contributed by atoms with E-state index in [1.165, 1.54) is 0 Å². The highest BCUT2D eigenvalue weighted by molar-refractivity contribution is 5.95. The van der Waals surface area contributed by atoms with Crippen LogP contribution in [0.25, 0.3) is 10.8 Å². The fourth-order valence-electron chi connectivity index (χ4n) is 1.99. The minimum absolute atomic E-state index is 0.192. The molecule has 0 aliphatic rings. The van der Waals surface area contributed by atoms with E-state index in [-0.39, 0.29) is 17.8 Å². The van der Waals surface area contributed by atoms with Gasteiger partial charge in [-0.3, -0.25) is 0 Å². The summed E-state index contributed by atoms with van der Waals surface area (Å²) >= 11 is 0. The molecule has 0 spiro atoms. The smallest absolute Gasteiger partial charge is 0.338 e. The predicted octanol–water partition coefficient (Wildman–Crippen LogP) is 3.52. The van der Waals surface area contributed by atoms with Crippen LogP contribution in [0.5, 0.6) is 5.75 Å². The molecule has 0 fully saturated rings. The molecule has 21 heavy (non-hydrogen) atoms. The lowest BCUT2D eigenvalue weighted by Crippen LogP contribution is -2.10. The Morgan fingerprint density at radius 2 is 1.81 bits per heavy atom. The molecule has 0 unspecified atom stereocenters. The van der Waals surface area contributed by atoms with Gasteiger partial charge in [0.25, 0.3) is 0 Å². The summed E-state index contributed by atoms with van der Waals surface area (Å²) in [4.78, 5) is 11.9. The molecule has 0 atom stereocenters. The summed E-state index contributed by atoms with van der Waals surface area (Å²) in [7, 11) is 0. The van der Waals surface area contributed by atoms with Crippen molar-refractivity contribution in [2.75, 3.05) is 13.2 Å². The molecule has 0 radical (unpaired) electrons. The summed E-state index contributed by atoms with van der Waals surface area (Å²) in [5, 5.41) is 11.2. The van der Waals surface area contributed by atoms with Crippen LogP contribution in [0.1, 0.15) is 30.6 Å². The number of benzene rings is 2. The summed E-state index contributed by atoms with van der Waals surface area (Å²) in [6.07, 6.45) is 0.878. The van der Waals surface area contributed by atoms with Crippen molar-refractivity contribution in [2.24, 2.45) is 0 Å². The van der Waals surface area contributed by atoms with Crippen LogP contribution in [-0.2, 0) is 9.47 Å². The largest absolute Gasteiger partial charge is 0.508 e. The van der Waals surface area contributed by atoms with Crippen molar-refractivity contribution >= 4 is 16.7 Å². The van der Waals surface area contributed by atoms with E-state index in [0.29, 0.717) is 25.2 Å². The van der Waals surface area contributed by atoms with E-state index in [0.717, 1.165) is 10.8 Å². The number of aromatic hydroxyl groups is 1. The Balaban J connectivity index is 1.92. The number of fused-ring (bicyclic) bond motifs is 1. The molecule has 0 bridgehead atoms. The Kier molecular flexibility index (Phi) is 5.17. The van der Waals surface area contributed by atoms with Gasteiger partial charge in [0.05, 0.1) is 24.9 Å². The third-order valence-corrected chi connectivity index (χ3v) is 3.03. The van der Waals surface area contributed by atoms with Gasteiger partial charge in [-0.1, -0.05) is 12.1 Å². The minimum atomic E-state index is -0.338. The minimum Gasteiger partial charge on any atom is -0.508 e. The number of hydrogen-bond donors (Lipinski definition) is 1. The van der Waals surface area contributed by atoms with Gasteiger partial charge in [-0.05, 0) is 48.9 Å². The molecule has 112 valence electrons. The number of carbonyl (C=O) groups excluding carboxylic acids is 1. The van der Waals surface area contributed by atoms with Crippen molar-refractivity contribution in [1.82, 2.24) is 0 Å². The Bertz CT molecular complexity index is 619. The maximum atomic E-state index is 11.9. The van der Waals surface area contributed by atoms with Gasteiger partial charge in [0.2, 0.25) is 0 Å². The first-order chi connectivity index (χ1) is 10.1. The summed E-state index contributed by atoms with van der Waals surface area (Å²) in [6, 6.07) is 10.3. The Hall–Kier alpha value is -2.07. The van der Waals surface area contributed by atoms with E-state index in [4.69, 9.17) is 9.47 Å². The maximum Gasteiger partial charge on any atom is 0.338 e. The number of rotatable bonds is 6. The van der Waals surface area contributed by atoms with Gasteiger partial charge in [0.15, 0.2) is 0 Å². The molecule has 0 saturated carbocycles. The number of hydrogen-bond acceptors (Lipinski definition) is 4. The first-order valence-corrected chi connectivity index (χ1v) is 7.08. The number of ether oxygens (including phenoxy) is 2. The van der Waals surface area contributed by atoms with Gasteiger partial charge in [-0.2, -0.15) is 0 Å². The number of phenolic OH excluding ortho intramolecular Hbond substituents is 1. The van der Waals surface area contributed by atoms with E-state index in [1.54, 1.807) is 36.4 Å². The van der Waals surface area contributed by atoms with Gasteiger partial charge in [0, 0.05) is 6.42 Å². The molecular formula is C17H20O4. The maximum absolute atomic E-state index is 11.9. The summed E-state index contributed by atoms with van der Waals surface area (Å²) in [6.45, 7) is 4.87. The molecule has 2 aromatic rings. The fraction of sp³-hybridized carbons (Fsp3) is 0.353. The molecule has 4 nitrogen and oxygen atoms in total. The third kappa shape index (κ3) is 4.46. The lowest BCUT2D eigenvalue weighted by Gasteiger charge is -2.08. The first kappa shape index (κ1) is 15.3. The van der Waals surface area contributed by atoms with E-state index < -0.39 is 0 Å². The third-order valence-electron chi connectivity index (χ3n) is 3.03. The first-order valence-electron chi connectivity index (χ1n) is 7.08. The van der Waals surface area contributed by atoms with Crippen LogP contribution in [0.15, 0.2) is 36.4 Å². The highest BCUT2D eigenvalue weighted by Gasteiger charge is 2.08. The van der Waals surface area contributed by atoms with Crippen molar-refractivity contribution in [1.29, 1.82) is 0 Å². The Labute approximate surface area is 124 Å². The molecular weight excluding hydrogens is 268 g/mol. The average molecular weight is 288 g/mol. The van der Waals surface area contributed by atoms with Crippen LogP contribution in [0.4, 0.5) is 0 Å². The highest BCUT2D eigenvalue weighted by atomic mass is 16.5. The molecule has 0 amide bonds. The zero-order valence-electron chi connectivity index (χ0n) is 12.3. The van der Waals surface area contributed by atoms with Crippen molar-refractivity contribution in [3.63, 3.8) is 0 Å². The van der Waals surface area contributed by atoms with Crippen LogP contribution in [0.3, 0.4) is 0 Å². The predicted molar refractivity (Wildman–Crippen MR) is 81.6 cm³/mol. The van der Waals surface area contributed by atoms with Gasteiger partial charge in [0.1, 0.15) is 5.75 Å². The summed E-state index contributed by atoms with van der Waals surface area (Å²) < 4.78 is 10.6. The summed E-state index contributed by atoms with van der Waals surface area (Å²) in [5.74, 6) is -0.127. The van der Waals surface area contributed by atoms with Crippen molar-refractivity contribution in [3.05, 3.63) is 42.0 Å². The molecule has 0 heterocycles. The van der Waals surface area contributed by atoms with Gasteiger partial charge in [-0.15, -0.1) is 0 Å². The van der Waals surface area contributed by atoms with Crippen molar-refractivity contribution in [2.45, 2.75) is 26.4 Å². The van der Waals surface area contributed by atoms with Gasteiger partial charge >= 0.3 is 5.97 Å². The lowest BCUT2D eigenvalue weighted by atomic mass is 10.1. The van der Waals surface area contributed by atoms with Gasteiger partial charge < -0.3 is 14.6 Å². The molecule has 2 aromatic carbocycles. The quantitative estimate of drug-likeness (QED) is 0.652. The van der Waals surface area contributed by atoms with Crippen LogP contribution in [0.2, 0.25) is 0 Å². The Morgan fingerprint density at radius 1 is 1.10 bits per heavy atom. The summed E-state index contributed by atoms with van der Waals surface area (Å²) in [5.41, 5.74) is 0.512. The highest BCUT2D eigenvalue weighted by Crippen LogP contribution is 2.21. The standard InChI is InChI=1S/C17H20O4/c1-12(2)20-8-3-9-21-17(19)15-5-4-14-11-16(18)7-6-13(14)10-15/h4-7,10-12,18H,3,8-9H2,1-2H3. The molecule has 0 aliphatic heterocycles. The monoisotopic (exact) mass is 288 g/mol. The normalized spacial score (nSPS) is 11.0. The van der Waals surface area contributed by atoms with E-state index >= 15 is 0 Å². The van der Waals surface area contributed by atoms with Gasteiger partial charge in [-0.25, -0.2) is 4.79 Å². The molecule has 4 heteroatoms. The average Bonchev–Trinajstić information content (AvgIpc) is 2.45.